The van der Waals surface area contributed by atoms with Crippen LogP contribution in [0.1, 0.15) is 12.2 Å². The van der Waals surface area contributed by atoms with E-state index in [9.17, 15) is 4.79 Å². The van der Waals surface area contributed by atoms with Crippen LogP contribution in [0.25, 0.3) is 0 Å². The van der Waals surface area contributed by atoms with Crippen LogP contribution in [0.15, 0.2) is 0 Å². The van der Waals surface area contributed by atoms with E-state index in [1.807, 2.05) is 0 Å². The summed E-state index contributed by atoms with van der Waals surface area (Å²) in [7, 11) is 1.52. The number of nitrogens with one attached hydrogen (secondary N) is 2. The fourth-order valence-electron chi connectivity index (χ4n) is 0.977. The van der Waals surface area contributed by atoms with Gasteiger partial charge in [-0.25, -0.2) is 0 Å². The zero-order valence-corrected chi connectivity index (χ0v) is 8.43. The maximum atomic E-state index is 11.3. The van der Waals surface area contributed by atoms with Crippen molar-refractivity contribution in [2.24, 2.45) is 5.73 Å². The minimum absolute atomic E-state index is 0.155. The van der Waals surface area contributed by atoms with Crippen LogP contribution in [0.5, 0.6) is 0 Å². The second-order valence-corrected chi connectivity index (χ2v) is 2.90. The molecule has 0 bridgehead atoms. The molecule has 1 unspecified atom stereocenters. The number of aromatic nitrogens is 4. The second kappa shape index (κ2) is 6.04. The Morgan fingerprint density at radius 2 is 2.53 bits per heavy atom. The van der Waals surface area contributed by atoms with Gasteiger partial charge in [-0.05, 0) is 0 Å². The number of nitrogens with zero attached hydrogens (tertiary/aromatic N) is 3. The molecule has 8 nitrogen and oxygen atoms in total. The number of H-pyrrole nitrogens is 1. The predicted octanol–water partition coefficient (Wildman–Crippen LogP) is -1.82. The van der Waals surface area contributed by atoms with Gasteiger partial charge in [-0.1, -0.05) is 5.21 Å². The SMILES string of the molecule is COC(CN)CC(=O)NCc1nn[nH]n1. The van der Waals surface area contributed by atoms with E-state index in [0.717, 1.165) is 0 Å². The minimum Gasteiger partial charge on any atom is -0.380 e. The van der Waals surface area contributed by atoms with Crippen LogP contribution in [0, 0.1) is 0 Å². The van der Waals surface area contributed by atoms with Gasteiger partial charge in [0.25, 0.3) is 0 Å². The average molecular weight is 214 g/mol. The smallest absolute Gasteiger partial charge is 0.223 e. The Labute approximate surface area is 86.6 Å². The number of hydrogen-bond acceptors (Lipinski definition) is 6. The summed E-state index contributed by atoms with van der Waals surface area (Å²) in [6.45, 7) is 0.558. The number of ether oxygens (including phenoxy) is 1. The highest BCUT2D eigenvalue weighted by Crippen LogP contribution is 1.94. The van der Waals surface area contributed by atoms with Crippen LogP contribution < -0.4 is 11.1 Å². The highest BCUT2D eigenvalue weighted by Gasteiger charge is 2.11. The van der Waals surface area contributed by atoms with Crippen molar-refractivity contribution in [1.82, 2.24) is 25.9 Å². The molecule has 0 saturated heterocycles. The Morgan fingerprint density at radius 1 is 1.73 bits per heavy atom. The van der Waals surface area contributed by atoms with Gasteiger partial charge in [-0.15, -0.1) is 10.2 Å². The fourth-order valence-corrected chi connectivity index (χ4v) is 0.977. The third-order valence-electron chi connectivity index (χ3n) is 1.84. The van der Waals surface area contributed by atoms with E-state index in [2.05, 4.69) is 25.9 Å². The summed E-state index contributed by atoms with van der Waals surface area (Å²) in [6.07, 6.45) is -0.0273. The van der Waals surface area contributed by atoms with Gasteiger partial charge >= 0.3 is 0 Å². The van der Waals surface area contributed by atoms with Crippen LogP contribution in [0.4, 0.5) is 0 Å². The number of rotatable bonds is 6. The Balaban J connectivity index is 2.24. The number of amides is 1. The second-order valence-electron chi connectivity index (χ2n) is 2.90. The lowest BCUT2D eigenvalue weighted by Gasteiger charge is -2.11. The maximum absolute atomic E-state index is 11.3. The quantitative estimate of drug-likeness (QED) is 0.513. The summed E-state index contributed by atoms with van der Waals surface area (Å²) in [5.74, 6) is 0.280. The number of hydrogen-bond donors (Lipinski definition) is 3. The standard InChI is InChI=1S/C7H14N6O2/c1-15-5(3-8)2-7(14)9-4-6-10-12-13-11-6/h5H,2-4,8H2,1H3,(H,9,14)(H,10,11,12,13). The van der Waals surface area contributed by atoms with Crippen molar-refractivity contribution in [3.8, 4) is 0 Å². The highest BCUT2D eigenvalue weighted by molar-refractivity contribution is 5.76. The topological polar surface area (TPSA) is 119 Å². The number of carbonyl (C=O) groups excluding carboxylic acids is 1. The lowest BCUT2D eigenvalue weighted by molar-refractivity contribution is -0.123. The molecule has 8 heteroatoms. The van der Waals surface area contributed by atoms with Crippen molar-refractivity contribution in [3.63, 3.8) is 0 Å². The van der Waals surface area contributed by atoms with E-state index < -0.39 is 0 Å². The van der Waals surface area contributed by atoms with Crippen molar-refractivity contribution in [3.05, 3.63) is 5.82 Å². The monoisotopic (exact) mass is 214 g/mol. The van der Waals surface area contributed by atoms with E-state index in [0.29, 0.717) is 12.4 Å². The molecule has 1 atom stereocenters. The Hall–Kier alpha value is -1.54. The molecule has 0 aliphatic rings. The molecule has 15 heavy (non-hydrogen) atoms. The molecule has 0 aliphatic carbocycles. The van der Waals surface area contributed by atoms with Gasteiger partial charge in [0.05, 0.1) is 19.1 Å². The fraction of sp³-hybridized carbons (Fsp3) is 0.714. The molecule has 84 valence electrons. The highest BCUT2D eigenvalue weighted by atomic mass is 16.5. The molecule has 1 amide bonds. The lowest BCUT2D eigenvalue weighted by atomic mass is 10.2. The largest absolute Gasteiger partial charge is 0.380 e. The van der Waals surface area contributed by atoms with Crippen molar-refractivity contribution in [2.45, 2.75) is 19.1 Å². The first kappa shape index (κ1) is 11.5. The number of nitrogens with two attached hydrogens (primary N) is 1. The molecule has 1 heterocycles. The molecule has 0 fully saturated rings. The Morgan fingerprint density at radius 3 is 3.07 bits per heavy atom. The summed E-state index contributed by atoms with van der Waals surface area (Å²) in [6, 6.07) is 0. The normalized spacial score (nSPS) is 12.4. The van der Waals surface area contributed by atoms with Crippen molar-refractivity contribution in [2.75, 3.05) is 13.7 Å². The molecular formula is C7H14N6O2. The predicted molar refractivity (Wildman–Crippen MR) is 50.5 cm³/mol. The summed E-state index contributed by atoms with van der Waals surface area (Å²) in [5, 5.41) is 15.7. The molecule has 0 spiro atoms. The number of carbonyl (C=O) groups is 1. The van der Waals surface area contributed by atoms with Crippen LogP contribution in [0.3, 0.4) is 0 Å². The summed E-state index contributed by atoms with van der Waals surface area (Å²) in [5.41, 5.74) is 5.38. The Bertz CT molecular complexity index is 284. The van der Waals surface area contributed by atoms with Gasteiger partial charge in [0.2, 0.25) is 5.91 Å². The molecule has 1 rings (SSSR count). The van der Waals surface area contributed by atoms with Gasteiger partial charge in [0.15, 0.2) is 5.82 Å². The van der Waals surface area contributed by atoms with E-state index in [4.69, 9.17) is 10.5 Å². The van der Waals surface area contributed by atoms with E-state index in [1.54, 1.807) is 0 Å². The first-order chi connectivity index (χ1) is 7.26. The molecule has 0 aliphatic heterocycles. The third-order valence-corrected chi connectivity index (χ3v) is 1.84. The van der Waals surface area contributed by atoms with Gasteiger partial charge < -0.3 is 15.8 Å². The molecule has 0 saturated carbocycles. The van der Waals surface area contributed by atoms with Gasteiger partial charge in [0, 0.05) is 13.7 Å². The molecule has 1 aromatic heterocycles. The molecule has 0 radical (unpaired) electrons. The number of tetrazole rings is 1. The summed E-state index contributed by atoms with van der Waals surface area (Å²) >= 11 is 0. The van der Waals surface area contributed by atoms with Gasteiger partial charge in [-0.2, -0.15) is 5.21 Å². The molecule has 0 aromatic carbocycles. The third kappa shape index (κ3) is 4.00. The summed E-state index contributed by atoms with van der Waals surface area (Å²) < 4.78 is 4.97. The van der Waals surface area contributed by atoms with Gasteiger partial charge in [0.1, 0.15) is 0 Å². The number of aromatic amines is 1. The zero-order valence-electron chi connectivity index (χ0n) is 8.43. The minimum atomic E-state index is -0.254. The molecule has 1 aromatic rings. The zero-order chi connectivity index (χ0) is 11.1. The van der Waals surface area contributed by atoms with Crippen molar-refractivity contribution >= 4 is 5.91 Å². The van der Waals surface area contributed by atoms with Crippen LogP contribution in [-0.4, -0.2) is 46.3 Å². The first-order valence-electron chi connectivity index (χ1n) is 4.48. The van der Waals surface area contributed by atoms with Crippen LogP contribution in [0.2, 0.25) is 0 Å². The van der Waals surface area contributed by atoms with Gasteiger partial charge in [-0.3, -0.25) is 4.79 Å². The Kier molecular flexibility index (Phi) is 4.64. The van der Waals surface area contributed by atoms with E-state index >= 15 is 0 Å². The average Bonchev–Trinajstić information content (AvgIpc) is 2.75. The van der Waals surface area contributed by atoms with Crippen LogP contribution in [-0.2, 0) is 16.1 Å². The molecular weight excluding hydrogens is 200 g/mol. The first-order valence-corrected chi connectivity index (χ1v) is 4.48. The van der Waals surface area contributed by atoms with E-state index in [-0.39, 0.29) is 25.0 Å². The number of methoxy groups -OCH3 is 1. The van der Waals surface area contributed by atoms with Crippen molar-refractivity contribution in [1.29, 1.82) is 0 Å². The maximum Gasteiger partial charge on any atom is 0.223 e. The van der Waals surface area contributed by atoms with Crippen molar-refractivity contribution < 1.29 is 9.53 Å². The lowest BCUT2D eigenvalue weighted by Crippen LogP contribution is -2.32. The van der Waals surface area contributed by atoms with Crippen LogP contribution >= 0.6 is 0 Å². The summed E-state index contributed by atoms with van der Waals surface area (Å²) in [4.78, 5) is 11.3. The van der Waals surface area contributed by atoms with E-state index in [1.165, 1.54) is 7.11 Å². The molecule has 4 N–H and O–H groups in total.